The van der Waals surface area contributed by atoms with E-state index in [2.05, 4.69) is 40.1 Å². The highest BCUT2D eigenvalue weighted by molar-refractivity contribution is 5.90. The van der Waals surface area contributed by atoms with Gasteiger partial charge in [0.15, 0.2) is 0 Å². The van der Waals surface area contributed by atoms with Gasteiger partial charge in [0.05, 0.1) is 5.52 Å². The monoisotopic (exact) mass is 244 g/mol. The van der Waals surface area contributed by atoms with Gasteiger partial charge in [0.1, 0.15) is 5.82 Å². The minimum absolute atomic E-state index is 0.679. The molecule has 4 heteroatoms. The number of rotatable bonds is 5. The van der Waals surface area contributed by atoms with Gasteiger partial charge in [-0.2, -0.15) is 4.98 Å². The van der Waals surface area contributed by atoms with Crippen LogP contribution in [0.1, 0.15) is 20.3 Å². The lowest BCUT2D eigenvalue weighted by Gasteiger charge is -2.23. The Balaban J connectivity index is 2.58. The third-order valence-corrected chi connectivity index (χ3v) is 2.98. The van der Waals surface area contributed by atoms with E-state index in [1.54, 1.807) is 0 Å². The molecule has 1 aromatic carbocycles. The fraction of sp³-hybridized carbons (Fsp3) is 0.429. The summed E-state index contributed by atoms with van der Waals surface area (Å²) in [5, 5.41) is 4.15. The third kappa shape index (κ3) is 2.37. The molecule has 0 unspecified atom stereocenters. The van der Waals surface area contributed by atoms with Gasteiger partial charge >= 0.3 is 0 Å². The molecule has 1 heterocycles. The number of hydrogen-bond donors (Lipinski definition) is 1. The van der Waals surface area contributed by atoms with Crippen LogP contribution >= 0.6 is 0 Å². The van der Waals surface area contributed by atoms with Gasteiger partial charge in [0, 0.05) is 25.5 Å². The maximum Gasteiger partial charge on any atom is 0.224 e. The third-order valence-electron chi connectivity index (χ3n) is 2.98. The van der Waals surface area contributed by atoms with E-state index in [0.717, 1.165) is 36.2 Å². The van der Waals surface area contributed by atoms with Gasteiger partial charge in [0.25, 0.3) is 0 Å². The lowest BCUT2D eigenvalue weighted by Crippen LogP contribution is -2.25. The van der Waals surface area contributed by atoms with Crippen molar-refractivity contribution in [2.24, 2.45) is 0 Å². The molecule has 0 bridgehead atoms. The lowest BCUT2D eigenvalue weighted by atomic mass is 10.2. The molecule has 0 aliphatic heterocycles. The quantitative estimate of drug-likeness (QED) is 0.878. The highest BCUT2D eigenvalue weighted by Gasteiger charge is 2.11. The van der Waals surface area contributed by atoms with Crippen molar-refractivity contribution in [3.63, 3.8) is 0 Å². The van der Waals surface area contributed by atoms with Gasteiger partial charge in [-0.25, -0.2) is 4.98 Å². The van der Waals surface area contributed by atoms with Gasteiger partial charge in [0.2, 0.25) is 5.95 Å². The standard InChI is InChI=1S/C14H20N4/c1-4-10-18(5-2)13-11-8-6-7-9-12(11)16-14(15-3)17-13/h6-9H,4-5,10H2,1-3H3,(H,15,16,17). The summed E-state index contributed by atoms with van der Waals surface area (Å²) in [6, 6.07) is 8.16. The van der Waals surface area contributed by atoms with Crippen molar-refractivity contribution >= 4 is 22.7 Å². The smallest absolute Gasteiger partial charge is 0.224 e. The Morgan fingerprint density at radius 1 is 1.17 bits per heavy atom. The van der Waals surface area contributed by atoms with Crippen molar-refractivity contribution < 1.29 is 0 Å². The van der Waals surface area contributed by atoms with Crippen molar-refractivity contribution in [2.75, 3.05) is 30.4 Å². The van der Waals surface area contributed by atoms with E-state index in [1.807, 2.05) is 25.2 Å². The molecule has 0 atom stereocenters. The first-order chi connectivity index (χ1) is 8.80. The second kappa shape index (κ2) is 5.67. The minimum Gasteiger partial charge on any atom is -0.357 e. The van der Waals surface area contributed by atoms with Crippen LogP contribution < -0.4 is 10.2 Å². The predicted molar refractivity (Wildman–Crippen MR) is 77.3 cm³/mol. The molecule has 0 radical (unpaired) electrons. The van der Waals surface area contributed by atoms with E-state index >= 15 is 0 Å². The lowest BCUT2D eigenvalue weighted by molar-refractivity contribution is 0.781. The molecule has 2 rings (SSSR count). The molecule has 0 saturated heterocycles. The molecular weight excluding hydrogens is 224 g/mol. The van der Waals surface area contributed by atoms with E-state index in [1.165, 1.54) is 0 Å². The Kier molecular flexibility index (Phi) is 3.97. The topological polar surface area (TPSA) is 41.1 Å². The first-order valence-electron chi connectivity index (χ1n) is 6.49. The molecule has 96 valence electrons. The molecule has 0 spiro atoms. The molecule has 1 aromatic heterocycles. The number of hydrogen-bond acceptors (Lipinski definition) is 4. The molecule has 4 nitrogen and oxygen atoms in total. The van der Waals surface area contributed by atoms with Crippen molar-refractivity contribution in [3.05, 3.63) is 24.3 Å². The van der Waals surface area contributed by atoms with Crippen LogP contribution in [0.4, 0.5) is 11.8 Å². The molecule has 18 heavy (non-hydrogen) atoms. The number of benzene rings is 1. The summed E-state index contributed by atoms with van der Waals surface area (Å²) in [4.78, 5) is 11.4. The van der Waals surface area contributed by atoms with Gasteiger partial charge < -0.3 is 10.2 Å². The van der Waals surface area contributed by atoms with Crippen LogP contribution in [0.5, 0.6) is 0 Å². The highest BCUT2D eigenvalue weighted by Crippen LogP contribution is 2.25. The Bertz CT molecular complexity index is 524. The van der Waals surface area contributed by atoms with Gasteiger partial charge in [-0.15, -0.1) is 0 Å². The zero-order chi connectivity index (χ0) is 13.0. The van der Waals surface area contributed by atoms with E-state index < -0.39 is 0 Å². The van der Waals surface area contributed by atoms with Crippen LogP contribution in [0.3, 0.4) is 0 Å². The van der Waals surface area contributed by atoms with Crippen LogP contribution in [0.25, 0.3) is 10.9 Å². The minimum atomic E-state index is 0.679. The fourth-order valence-corrected chi connectivity index (χ4v) is 2.10. The number of nitrogens with one attached hydrogen (secondary N) is 1. The summed E-state index contributed by atoms with van der Waals surface area (Å²) >= 11 is 0. The van der Waals surface area contributed by atoms with E-state index in [4.69, 9.17) is 0 Å². The molecule has 2 aromatic rings. The molecule has 0 aliphatic rings. The molecular formula is C14H20N4. The van der Waals surface area contributed by atoms with Gasteiger partial charge in [-0.3, -0.25) is 0 Å². The predicted octanol–water partition coefficient (Wildman–Crippen LogP) is 2.91. The first kappa shape index (κ1) is 12.6. The molecule has 0 amide bonds. The highest BCUT2D eigenvalue weighted by atomic mass is 15.2. The van der Waals surface area contributed by atoms with Crippen LogP contribution in [0, 0.1) is 0 Å². The Labute approximate surface area is 108 Å². The number of anilines is 2. The summed E-state index contributed by atoms with van der Waals surface area (Å²) < 4.78 is 0. The van der Waals surface area contributed by atoms with Crippen LogP contribution in [0.2, 0.25) is 0 Å². The Hall–Kier alpha value is -1.84. The van der Waals surface area contributed by atoms with E-state index in [9.17, 15) is 0 Å². The maximum atomic E-state index is 4.61. The fourth-order valence-electron chi connectivity index (χ4n) is 2.10. The SMILES string of the molecule is CCCN(CC)c1nc(NC)nc2ccccc12. The van der Waals surface area contributed by atoms with E-state index in [0.29, 0.717) is 5.95 Å². The second-order valence-corrected chi connectivity index (χ2v) is 4.22. The summed E-state index contributed by atoms with van der Waals surface area (Å²) in [5.74, 6) is 1.70. The molecule has 0 saturated carbocycles. The van der Waals surface area contributed by atoms with E-state index in [-0.39, 0.29) is 0 Å². The summed E-state index contributed by atoms with van der Waals surface area (Å²) in [6.45, 7) is 6.31. The summed E-state index contributed by atoms with van der Waals surface area (Å²) in [6.07, 6.45) is 1.11. The van der Waals surface area contributed by atoms with Crippen LogP contribution in [-0.4, -0.2) is 30.1 Å². The number of aromatic nitrogens is 2. The van der Waals surface area contributed by atoms with Crippen molar-refractivity contribution in [2.45, 2.75) is 20.3 Å². The largest absolute Gasteiger partial charge is 0.357 e. The van der Waals surface area contributed by atoms with Crippen molar-refractivity contribution in [1.29, 1.82) is 0 Å². The van der Waals surface area contributed by atoms with Gasteiger partial charge in [-0.1, -0.05) is 19.1 Å². The van der Waals surface area contributed by atoms with Crippen LogP contribution in [-0.2, 0) is 0 Å². The Morgan fingerprint density at radius 2 is 1.94 bits per heavy atom. The molecule has 0 aliphatic carbocycles. The normalized spacial score (nSPS) is 10.6. The second-order valence-electron chi connectivity index (χ2n) is 4.22. The van der Waals surface area contributed by atoms with Crippen molar-refractivity contribution in [1.82, 2.24) is 9.97 Å². The van der Waals surface area contributed by atoms with Crippen molar-refractivity contribution in [3.8, 4) is 0 Å². The molecule has 1 N–H and O–H groups in total. The first-order valence-corrected chi connectivity index (χ1v) is 6.49. The maximum absolute atomic E-state index is 4.61. The number of nitrogens with zero attached hydrogens (tertiary/aromatic N) is 3. The summed E-state index contributed by atoms with van der Waals surface area (Å²) in [5.41, 5.74) is 0.987. The van der Waals surface area contributed by atoms with Gasteiger partial charge in [-0.05, 0) is 25.5 Å². The molecule has 0 fully saturated rings. The number of para-hydroxylation sites is 1. The van der Waals surface area contributed by atoms with Crippen LogP contribution in [0.15, 0.2) is 24.3 Å². The zero-order valence-corrected chi connectivity index (χ0v) is 11.3. The Morgan fingerprint density at radius 3 is 2.61 bits per heavy atom. The zero-order valence-electron chi connectivity index (χ0n) is 11.3. The summed E-state index contributed by atoms with van der Waals surface area (Å²) in [7, 11) is 1.85. The average Bonchev–Trinajstić information content (AvgIpc) is 2.43. The number of fused-ring (bicyclic) bond motifs is 1. The average molecular weight is 244 g/mol.